The summed E-state index contributed by atoms with van der Waals surface area (Å²) in [5.41, 5.74) is 0. The summed E-state index contributed by atoms with van der Waals surface area (Å²) in [6.07, 6.45) is 4.69. The van der Waals surface area contributed by atoms with E-state index in [2.05, 4.69) is 27.5 Å². The molecule has 15 heavy (non-hydrogen) atoms. The third kappa shape index (κ3) is 2.30. The zero-order chi connectivity index (χ0) is 10.7. The SMILES string of the molecule is CC1CNCC1C(=O)Nc1cnccn1. The van der Waals surface area contributed by atoms with Gasteiger partial charge in [0.25, 0.3) is 0 Å². The van der Waals surface area contributed by atoms with Gasteiger partial charge in [0.05, 0.1) is 12.1 Å². The van der Waals surface area contributed by atoms with Crippen LogP contribution in [0.1, 0.15) is 6.92 Å². The van der Waals surface area contributed by atoms with Crippen molar-refractivity contribution in [3.63, 3.8) is 0 Å². The van der Waals surface area contributed by atoms with Crippen LogP contribution in [0, 0.1) is 11.8 Å². The second-order valence-electron chi connectivity index (χ2n) is 3.82. The number of hydrogen-bond donors (Lipinski definition) is 2. The molecule has 2 rings (SSSR count). The van der Waals surface area contributed by atoms with Gasteiger partial charge >= 0.3 is 0 Å². The molecule has 2 atom stereocenters. The highest BCUT2D eigenvalue weighted by Gasteiger charge is 2.29. The number of carbonyl (C=O) groups is 1. The molecule has 0 aliphatic carbocycles. The van der Waals surface area contributed by atoms with E-state index >= 15 is 0 Å². The van der Waals surface area contributed by atoms with Gasteiger partial charge in [-0.2, -0.15) is 0 Å². The molecule has 1 aliphatic rings. The highest BCUT2D eigenvalue weighted by molar-refractivity contribution is 5.92. The molecule has 0 spiro atoms. The van der Waals surface area contributed by atoms with Gasteiger partial charge in [-0.15, -0.1) is 0 Å². The van der Waals surface area contributed by atoms with Crippen molar-refractivity contribution in [1.82, 2.24) is 15.3 Å². The average molecular weight is 206 g/mol. The van der Waals surface area contributed by atoms with Crippen molar-refractivity contribution in [3.05, 3.63) is 18.6 Å². The van der Waals surface area contributed by atoms with Gasteiger partial charge in [-0.25, -0.2) is 4.98 Å². The molecule has 0 saturated carbocycles. The number of hydrogen-bond acceptors (Lipinski definition) is 4. The molecule has 1 aromatic rings. The zero-order valence-electron chi connectivity index (χ0n) is 8.60. The number of nitrogens with one attached hydrogen (secondary N) is 2. The molecule has 2 N–H and O–H groups in total. The summed E-state index contributed by atoms with van der Waals surface area (Å²) in [5, 5.41) is 5.95. The van der Waals surface area contributed by atoms with E-state index in [1.54, 1.807) is 18.6 Å². The summed E-state index contributed by atoms with van der Waals surface area (Å²) in [7, 11) is 0. The summed E-state index contributed by atoms with van der Waals surface area (Å²) in [6, 6.07) is 0. The maximum atomic E-state index is 11.8. The van der Waals surface area contributed by atoms with Crippen LogP contribution >= 0.6 is 0 Å². The van der Waals surface area contributed by atoms with Crippen LogP contribution in [0.15, 0.2) is 18.6 Å². The van der Waals surface area contributed by atoms with Gasteiger partial charge < -0.3 is 10.6 Å². The first-order chi connectivity index (χ1) is 7.27. The van der Waals surface area contributed by atoms with E-state index in [1.807, 2.05) is 0 Å². The zero-order valence-corrected chi connectivity index (χ0v) is 8.60. The maximum absolute atomic E-state index is 11.8. The monoisotopic (exact) mass is 206 g/mol. The Morgan fingerprint density at radius 2 is 2.40 bits per heavy atom. The number of rotatable bonds is 2. The molecule has 1 aliphatic heterocycles. The Kier molecular flexibility index (Phi) is 2.91. The lowest BCUT2D eigenvalue weighted by molar-refractivity contribution is -0.120. The molecule has 0 radical (unpaired) electrons. The van der Waals surface area contributed by atoms with E-state index in [9.17, 15) is 4.79 Å². The van der Waals surface area contributed by atoms with Crippen molar-refractivity contribution in [2.24, 2.45) is 11.8 Å². The Balaban J connectivity index is 1.98. The van der Waals surface area contributed by atoms with E-state index < -0.39 is 0 Å². The van der Waals surface area contributed by atoms with Crippen molar-refractivity contribution in [2.75, 3.05) is 18.4 Å². The van der Waals surface area contributed by atoms with Crippen molar-refractivity contribution in [1.29, 1.82) is 0 Å². The van der Waals surface area contributed by atoms with Crippen LogP contribution in [-0.2, 0) is 4.79 Å². The Morgan fingerprint density at radius 1 is 1.53 bits per heavy atom. The van der Waals surface area contributed by atoms with Gasteiger partial charge in [0.1, 0.15) is 0 Å². The van der Waals surface area contributed by atoms with Crippen LogP contribution in [0.5, 0.6) is 0 Å². The van der Waals surface area contributed by atoms with E-state index in [1.165, 1.54) is 0 Å². The van der Waals surface area contributed by atoms with E-state index in [0.717, 1.165) is 13.1 Å². The van der Waals surface area contributed by atoms with Gasteiger partial charge in [0.15, 0.2) is 5.82 Å². The molecule has 5 nitrogen and oxygen atoms in total. The van der Waals surface area contributed by atoms with Gasteiger partial charge in [-0.3, -0.25) is 9.78 Å². The number of amides is 1. The van der Waals surface area contributed by atoms with Crippen LogP contribution in [-0.4, -0.2) is 29.0 Å². The average Bonchev–Trinajstić information content (AvgIpc) is 2.66. The van der Waals surface area contributed by atoms with Crippen molar-refractivity contribution in [3.8, 4) is 0 Å². The number of carbonyl (C=O) groups excluding carboxylic acids is 1. The lowest BCUT2D eigenvalue weighted by Crippen LogP contribution is -2.28. The maximum Gasteiger partial charge on any atom is 0.230 e. The third-order valence-corrected chi connectivity index (χ3v) is 2.67. The second-order valence-corrected chi connectivity index (χ2v) is 3.82. The van der Waals surface area contributed by atoms with E-state index in [0.29, 0.717) is 11.7 Å². The summed E-state index contributed by atoms with van der Waals surface area (Å²) in [5.74, 6) is 0.947. The largest absolute Gasteiger partial charge is 0.316 e. The Bertz CT molecular complexity index is 341. The van der Waals surface area contributed by atoms with Crippen molar-refractivity contribution in [2.45, 2.75) is 6.92 Å². The summed E-state index contributed by atoms with van der Waals surface area (Å²) >= 11 is 0. The molecule has 1 aromatic heterocycles. The van der Waals surface area contributed by atoms with E-state index in [4.69, 9.17) is 0 Å². The summed E-state index contributed by atoms with van der Waals surface area (Å²) in [4.78, 5) is 19.7. The van der Waals surface area contributed by atoms with Crippen LogP contribution in [0.3, 0.4) is 0 Å². The topological polar surface area (TPSA) is 66.9 Å². The van der Waals surface area contributed by atoms with Gasteiger partial charge in [-0.1, -0.05) is 6.92 Å². The molecule has 5 heteroatoms. The van der Waals surface area contributed by atoms with Crippen LogP contribution in [0.2, 0.25) is 0 Å². The summed E-state index contributed by atoms with van der Waals surface area (Å²) < 4.78 is 0. The highest BCUT2D eigenvalue weighted by atomic mass is 16.2. The van der Waals surface area contributed by atoms with Crippen LogP contribution in [0.4, 0.5) is 5.82 Å². The molecule has 1 saturated heterocycles. The second kappa shape index (κ2) is 4.35. The predicted octanol–water partition coefficient (Wildman–Crippen LogP) is 0.271. The summed E-state index contributed by atoms with van der Waals surface area (Å²) in [6.45, 7) is 3.72. The van der Waals surface area contributed by atoms with Crippen molar-refractivity contribution < 1.29 is 4.79 Å². The van der Waals surface area contributed by atoms with E-state index in [-0.39, 0.29) is 11.8 Å². The lowest BCUT2D eigenvalue weighted by Gasteiger charge is -2.13. The minimum atomic E-state index is 0.0213. The smallest absolute Gasteiger partial charge is 0.230 e. The third-order valence-electron chi connectivity index (χ3n) is 2.67. The molecular weight excluding hydrogens is 192 g/mol. The molecular formula is C10H14N4O. The Morgan fingerprint density at radius 3 is 3.00 bits per heavy atom. The Hall–Kier alpha value is -1.49. The van der Waals surface area contributed by atoms with Gasteiger partial charge in [-0.05, 0) is 12.5 Å². The molecule has 0 bridgehead atoms. The first kappa shape index (κ1) is 10.0. The molecule has 80 valence electrons. The van der Waals surface area contributed by atoms with Crippen LogP contribution < -0.4 is 10.6 Å². The minimum Gasteiger partial charge on any atom is -0.316 e. The number of nitrogens with zero attached hydrogens (tertiary/aromatic N) is 2. The number of aromatic nitrogens is 2. The predicted molar refractivity (Wildman–Crippen MR) is 56.2 cm³/mol. The lowest BCUT2D eigenvalue weighted by atomic mass is 9.97. The molecule has 0 aromatic carbocycles. The minimum absolute atomic E-state index is 0.0213. The normalized spacial score (nSPS) is 25.1. The van der Waals surface area contributed by atoms with Gasteiger partial charge in [0.2, 0.25) is 5.91 Å². The fourth-order valence-electron chi connectivity index (χ4n) is 1.74. The first-order valence-corrected chi connectivity index (χ1v) is 5.05. The standard InChI is InChI=1S/C10H14N4O/c1-7-4-12-5-8(7)10(15)14-9-6-11-2-3-13-9/h2-3,6-8,12H,4-5H2,1H3,(H,13,14,15). The molecule has 2 heterocycles. The van der Waals surface area contributed by atoms with Crippen molar-refractivity contribution >= 4 is 11.7 Å². The highest BCUT2D eigenvalue weighted by Crippen LogP contribution is 2.17. The Labute approximate surface area is 88.3 Å². The molecule has 1 fully saturated rings. The number of anilines is 1. The molecule has 1 amide bonds. The van der Waals surface area contributed by atoms with Gasteiger partial charge in [0, 0.05) is 18.9 Å². The fraction of sp³-hybridized carbons (Fsp3) is 0.500. The quantitative estimate of drug-likeness (QED) is 0.729. The van der Waals surface area contributed by atoms with Crippen LogP contribution in [0.25, 0.3) is 0 Å². The first-order valence-electron chi connectivity index (χ1n) is 5.05. The molecule has 2 unspecified atom stereocenters. The fourth-order valence-corrected chi connectivity index (χ4v) is 1.74.